The van der Waals surface area contributed by atoms with E-state index in [1.807, 2.05) is 0 Å². The van der Waals surface area contributed by atoms with Crippen LogP contribution in [0, 0.1) is 11.6 Å². The lowest BCUT2D eigenvalue weighted by Crippen LogP contribution is -1.96. The van der Waals surface area contributed by atoms with E-state index in [0.29, 0.717) is 4.73 Å². The Labute approximate surface area is 98.0 Å². The van der Waals surface area contributed by atoms with Gasteiger partial charge in [-0.25, -0.2) is 13.5 Å². The highest BCUT2D eigenvalue weighted by molar-refractivity contribution is 9.10. The van der Waals surface area contributed by atoms with Crippen molar-refractivity contribution in [3.05, 3.63) is 34.6 Å². The quantitative estimate of drug-likeness (QED) is 0.853. The van der Waals surface area contributed by atoms with Gasteiger partial charge in [0.25, 0.3) is 0 Å². The molecule has 0 aliphatic heterocycles. The number of nitrogens with zero attached hydrogens (tertiary/aromatic N) is 3. The van der Waals surface area contributed by atoms with Crippen LogP contribution in [-0.4, -0.2) is 14.8 Å². The Bertz CT molecular complexity index is 509. The lowest BCUT2D eigenvalue weighted by molar-refractivity contribution is 0.408. The smallest absolute Gasteiger partial charge is 0.321 e. The highest BCUT2D eigenvalue weighted by atomic mass is 79.9. The van der Waals surface area contributed by atoms with E-state index in [-0.39, 0.29) is 11.8 Å². The molecule has 2 rings (SSSR count). The average Bonchev–Trinajstić information content (AvgIpc) is 2.43. The molecule has 1 heterocycles. The second kappa shape index (κ2) is 4.17. The summed E-state index contributed by atoms with van der Waals surface area (Å²) in [7, 11) is 1.60. The van der Waals surface area contributed by atoms with Crippen molar-refractivity contribution in [1.82, 2.24) is 14.8 Å². The minimum Gasteiger partial charge on any atom is -0.424 e. The second-order valence-electron chi connectivity index (χ2n) is 2.99. The maximum atomic E-state index is 12.9. The first-order valence-electron chi connectivity index (χ1n) is 4.25. The predicted molar refractivity (Wildman–Crippen MR) is 55.1 cm³/mol. The molecule has 0 amide bonds. The standard InChI is InChI=1S/C9H6BrF2N3O/c1-15-9(13-8(10)14-15)16-7-3-5(11)2-6(12)4-7/h2-4H,1H3. The van der Waals surface area contributed by atoms with E-state index in [4.69, 9.17) is 4.74 Å². The summed E-state index contributed by atoms with van der Waals surface area (Å²) in [4.78, 5) is 3.87. The molecule has 84 valence electrons. The maximum Gasteiger partial charge on any atom is 0.321 e. The molecule has 0 N–H and O–H groups in total. The SMILES string of the molecule is Cn1nc(Br)nc1Oc1cc(F)cc(F)c1. The van der Waals surface area contributed by atoms with E-state index in [1.54, 1.807) is 7.05 Å². The third kappa shape index (κ3) is 2.35. The number of hydrogen-bond acceptors (Lipinski definition) is 3. The van der Waals surface area contributed by atoms with Crippen molar-refractivity contribution >= 4 is 15.9 Å². The number of rotatable bonds is 2. The van der Waals surface area contributed by atoms with Crippen LogP contribution in [0.3, 0.4) is 0 Å². The molecule has 7 heteroatoms. The van der Waals surface area contributed by atoms with Gasteiger partial charge in [0.15, 0.2) is 0 Å². The summed E-state index contributed by atoms with van der Waals surface area (Å²) in [6.45, 7) is 0. The van der Waals surface area contributed by atoms with Crippen LogP contribution in [-0.2, 0) is 7.05 Å². The van der Waals surface area contributed by atoms with Gasteiger partial charge < -0.3 is 4.74 Å². The Balaban J connectivity index is 2.30. The molecule has 0 bridgehead atoms. The molecule has 0 spiro atoms. The number of ether oxygens (including phenoxy) is 1. The molecule has 2 aromatic rings. The van der Waals surface area contributed by atoms with Gasteiger partial charge in [0, 0.05) is 25.2 Å². The Morgan fingerprint density at radius 1 is 1.25 bits per heavy atom. The van der Waals surface area contributed by atoms with Gasteiger partial charge in [0.1, 0.15) is 17.4 Å². The first-order valence-corrected chi connectivity index (χ1v) is 5.04. The van der Waals surface area contributed by atoms with Crippen LogP contribution in [0.2, 0.25) is 0 Å². The molecule has 0 atom stereocenters. The Morgan fingerprint density at radius 3 is 2.38 bits per heavy atom. The maximum absolute atomic E-state index is 12.9. The molecular formula is C9H6BrF2N3O. The van der Waals surface area contributed by atoms with Gasteiger partial charge in [-0.1, -0.05) is 0 Å². The summed E-state index contributed by atoms with van der Waals surface area (Å²) >= 11 is 3.05. The third-order valence-electron chi connectivity index (χ3n) is 1.74. The molecule has 1 aromatic carbocycles. The van der Waals surface area contributed by atoms with Crippen LogP contribution in [0.25, 0.3) is 0 Å². The van der Waals surface area contributed by atoms with Crippen molar-refractivity contribution in [3.8, 4) is 11.8 Å². The summed E-state index contributed by atoms with van der Waals surface area (Å²) in [6.07, 6.45) is 0. The molecule has 1 aromatic heterocycles. The fourth-order valence-corrected chi connectivity index (χ4v) is 1.51. The molecule has 0 aliphatic carbocycles. The second-order valence-corrected chi connectivity index (χ2v) is 3.70. The summed E-state index contributed by atoms with van der Waals surface area (Å²) in [5.41, 5.74) is 0. The van der Waals surface area contributed by atoms with Gasteiger partial charge >= 0.3 is 6.01 Å². The summed E-state index contributed by atoms with van der Waals surface area (Å²) in [5.74, 6) is -1.40. The molecule has 4 nitrogen and oxygen atoms in total. The lowest BCUT2D eigenvalue weighted by atomic mass is 10.3. The van der Waals surface area contributed by atoms with Crippen molar-refractivity contribution in [2.24, 2.45) is 7.05 Å². The van der Waals surface area contributed by atoms with E-state index in [2.05, 4.69) is 26.0 Å². The van der Waals surface area contributed by atoms with Gasteiger partial charge in [-0.05, 0) is 15.9 Å². The zero-order chi connectivity index (χ0) is 11.7. The highest BCUT2D eigenvalue weighted by Crippen LogP contribution is 2.22. The zero-order valence-corrected chi connectivity index (χ0v) is 9.70. The van der Waals surface area contributed by atoms with Crippen molar-refractivity contribution in [3.63, 3.8) is 0 Å². The van der Waals surface area contributed by atoms with E-state index < -0.39 is 11.6 Å². The van der Waals surface area contributed by atoms with Crippen LogP contribution >= 0.6 is 15.9 Å². The first-order chi connectivity index (χ1) is 7.54. The molecule has 16 heavy (non-hydrogen) atoms. The van der Waals surface area contributed by atoms with E-state index in [9.17, 15) is 8.78 Å². The molecule has 0 radical (unpaired) electrons. The number of aryl methyl sites for hydroxylation is 1. The van der Waals surface area contributed by atoms with Crippen LogP contribution in [0.1, 0.15) is 0 Å². The summed E-state index contributed by atoms with van der Waals surface area (Å²) in [6, 6.07) is 3.02. The van der Waals surface area contributed by atoms with Crippen LogP contribution < -0.4 is 4.74 Å². The first kappa shape index (κ1) is 11.0. The number of hydrogen-bond donors (Lipinski definition) is 0. The van der Waals surface area contributed by atoms with Crippen LogP contribution in [0.15, 0.2) is 22.9 Å². The monoisotopic (exact) mass is 289 g/mol. The Kier molecular flexibility index (Phi) is 2.86. The van der Waals surface area contributed by atoms with Crippen molar-refractivity contribution < 1.29 is 13.5 Å². The molecular weight excluding hydrogens is 284 g/mol. The van der Waals surface area contributed by atoms with Gasteiger partial charge in [-0.2, -0.15) is 4.98 Å². The average molecular weight is 290 g/mol. The zero-order valence-electron chi connectivity index (χ0n) is 8.12. The fraction of sp³-hybridized carbons (Fsp3) is 0.111. The van der Waals surface area contributed by atoms with E-state index in [1.165, 1.54) is 4.68 Å². The van der Waals surface area contributed by atoms with E-state index >= 15 is 0 Å². The summed E-state index contributed by atoms with van der Waals surface area (Å²) in [5, 5.41) is 3.86. The molecule has 0 saturated carbocycles. The largest absolute Gasteiger partial charge is 0.424 e. The molecule has 0 saturated heterocycles. The molecule has 0 unspecified atom stereocenters. The number of benzene rings is 1. The van der Waals surface area contributed by atoms with E-state index in [0.717, 1.165) is 18.2 Å². The van der Waals surface area contributed by atoms with Crippen molar-refractivity contribution in [2.45, 2.75) is 0 Å². The highest BCUT2D eigenvalue weighted by Gasteiger charge is 2.09. The fourth-order valence-electron chi connectivity index (χ4n) is 1.12. The topological polar surface area (TPSA) is 39.9 Å². The van der Waals surface area contributed by atoms with Gasteiger partial charge in [-0.15, -0.1) is 5.10 Å². The number of aromatic nitrogens is 3. The van der Waals surface area contributed by atoms with Crippen LogP contribution in [0.4, 0.5) is 8.78 Å². The van der Waals surface area contributed by atoms with Crippen molar-refractivity contribution in [1.29, 1.82) is 0 Å². The summed E-state index contributed by atoms with van der Waals surface area (Å²) < 4.78 is 32.6. The van der Waals surface area contributed by atoms with Crippen LogP contribution in [0.5, 0.6) is 11.8 Å². The van der Waals surface area contributed by atoms with Gasteiger partial charge in [0.05, 0.1) is 0 Å². The Morgan fingerprint density at radius 2 is 1.88 bits per heavy atom. The lowest BCUT2D eigenvalue weighted by Gasteiger charge is -2.03. The van der Waals surface area contributed by atoms with Crippen molar-refractivity contribution in [2.75, 3.05) is 0 Å². The Hall–Kier alpha value is -1.50. The van der Waals surface area contributed by atoms with Gasteiger partial charge in [-0.3, -0.25) is 0 Å². The predicted octanol–water partition coefficient (Wildman–Crippen LogP) is 2.65. The molecule has 0 aliphatic rings. The minimum absolute atomic E-state index is 0.0282. The van der Waals surface area contributed by atoms with Gasteiger partial charge in [0.2, 0.25) is 4.73 Å². The minimum atomic E-state index is -0.712. The molecule has 0 fully saturated rings. The normalized spacial score (nSPS) is 10.5. The number of halogens is 3. The third-order valence-corrected chi connectivity index (χ3v) is 2.08.